The lowest BCUT2D eigenvalue weighted by molar-refractivity contribution is 0.518. The first-order valence-corrected chi connectivity index (χ1v) is 6.69. The van der Waals surface area contributed by atoms with Crippen molar-refractivity contribution in [2.24, 2.45) is 11.7 Å². The monoisotopic (exact) mass is 234 g/mol. The maximum Gasteiger partial charge on any atom is 0.0395 e. The van der Waals surface area contributed by atoms with Crippen LogP contribution in [-0.4, -0.2) is 19.6 Å². The van der Waals surface area contributed by atoms with Crippen LogP contribution in [0.25, 0.3) is 0 Å². The summed E-state index contributed by atoms with van der Waals surface area (Å²) in [7, 11) is 0. The Morgan fingerprint density at radius 3 is 2.59 bits per heavy atom. The van der Waals surface area contributed by atoms with Crippen molar-refractivity contribution in [2.45, 2.75) is 33.6 Å². The molecule has 17 heavy (non-hydrogen) atoms. The number of aryl methyl sites for hydroxylation is 1. The van der Waals surface area contributed by atoms with Crippen molar-refractivity contribution in [3.8, 4) is 0 Å². The first-order chi connectivity index (χ1) is 8.19. The quantitative estimate of drug-likeness (QED) is 0.785. The highest BCUT2D eigenvalue weighted by atomic mass is 15.1. The second-order valence-corrected chi connectivity index (χ2v) is 4.85. The molecule has 0 aromatic heterocycles. The van der Waals surface area contributed by atoms with Gasteiger partial charge in [-0.25, -0.2) is 0 Å². The van der Waals surface area contributed by atoms with Gasteiger partial charge in [0, 0.05) is 18.8 Å². The van der Waals surface area contributed by atoms with E-state index < -0.39 is 0 Å². The molecule has 0 heterocycles. The summed E-state index contributed by atoms with van der Waals surface area (Å²) in [6.07, 6.45) is 2.44. The molecule has 0 amide bonds. The van der Waals surface area contributed by atoms with E-state index in [4.69, 9.17) is 5.73 Å². The van der Waals surface area contributed by atoms with Gasteiger partial charge in [-0.2, -0.15) is 0 Å². The van der Waals surface area contributed by atoms with E-state index >= 15 is 0 Å². The molecule has 0 saturated carbocycles. The van der Waals surface area contributed by atoms with E-state index in [9.17, 15) is 0 Å². The summed E-state index contributed by atoms with van der Waals surface area (Å²) in [5.74, 6) is 0.644. The van der Waals surface area contributed by atoms with Crippen molar-refractivity contribution in [2.75, 3.05) is 24.5 Å². The molecule has 0 bridgehead atoms. The molecule has 0 saturated heterocycles. The molecule has 0 aliphatic rings. The van der Waals surface area contributed by atoms with Crippen LogP contribution in [0, 0.1) is 12.8 Å². The molecule has 1 aromatic carbocycles. The standard InChI is InChI=1S/C15H26N2/c1-4-17(11-7-8-13(2)12-16)15-10-6-5-9-14(15)3/h5-6,9-10,13H,4,7-8,11-12,16H2,1-3H3. The fraction of sp³-hybridized carbons (Fsp3) is 0.600. The molecule has 0 aliphatic heterocycles. The molecular weight excluding hydrogens is 208 g/mol. The minimum absolute atomic E-state index is 0.644. The van der Waals surface area contributed by atoms with E-state index in [0.29, 0.717) is 5.92 Å². The average molecular weight is 234 g/mol. The Balaban J connectivity index is 2.52. The normalized spacial score (nSPS) is 12.5. The van der Waals surface area contributed by atoms with Crippen LogP contribution in [-0.2, 0) is 0 Å². The highest BCUT2D eigenvalue weighted by molar-refractivity contribution is 5.52. The highest BCUT2D eigenvalue weighted by Gasteiger charge is 2.07. The maximum absolute atomic E-state index is 5.64. The van der Waals surface area contributed by atoms with Gasteiger partial charge >= 0.3 is 0 Å². The van der Waals surface area contributed by atoms with Gasteiger partial charge in [0.1, 0.15) is 0 Å². The van der Waals surface area contributed by atoms with Crippen LogP contribution in [0.3, 0.4) is 0 Å². The Bertz CT molecular complexity index is 322. The van der Waals surface area contributed by atoms with Crippen LogP contribution in [0.15, 0.2) is 24.3 Å². The molecule has 0 fully saturated rings. The summed E-state index contributed by atoms with van der Waals surface area (Å²) in [4.78, 5) is 2.46. The lowest BCUT2D eigenvalue weighted by Gasteiger charge is -2.25. The number of hydrogen-bond donors (Lipinski definition) is 1. The second kappa shape index (κ2) is 7.33. The number of rotatable bonds is 7. The molecule has 2 N–H and O–H groups in total. The highest BCUT2D eigenvalue weighted by Crippen LogP contribution is 2.19. The lowest BCUT2D eigenvalue weighted by atomic mass is 10.1. The Kier molecular flexibility index (Phi) is 6.06. The van der Waals surface area contributed by atoms with E-state index in [0.717, 1.165) is 19.6 Å². The third kappa shape index (κ3) is 4.39. The minimum Gasteiger partial charge on any atom is -0.372 e. The third-order valence-electron chi connectivity index (χ3n) is 3.37. The number of benzene rings is 1. The summed E-state index contributed by atoms with van der Waals surface area (Å²) >= 11 is 0. The number of para-hydroxylation sites is 1. The summed E-state index contributed by atoms with van der Waals surface area (Å²) in [6.45, 7) is 9.63. The molecule has 0 aliphatic carbocycles. The van der Waals surface area contributed by atoms with Crippen molar-refractivity contribution in [1.82, 2.24) is 0 Å². The van der Waals surface area contributed by atoms with Crippen LogP contribution in [0.4, 0.5) is 5.69 Å². The fourth-order valence-corrected chi connectivity index (χ4v) is 2.12. The van der Waals surface area contributed by atoms with Crippen LogP contribution in [0.2, 0.25) is 0 Å². The van der Waals surface area contributed by atoms with Gasteiger partial charge in [-0.15, -0.1) is 0 Å². The first-order valence-electron chi connectivity index (χ1n) is 6.69. The molecule has 1 unspecified atom stereocenters. The fourth-order valence-electron chi connectivity index (χ4n) is 2.12. The molecule has 1 aromatic rings. The van der Waals surface area contributed by atoms with Crippen LogP contribution >= 0.6 is 0 Å². The minimum atomic E-state index is 0.644. The van der Waals surface area contributed by atoms with Gasteiger partial charge in [-0.1, -0.05) is 25.1 Å². The van der Waals surface area contributed by atoms with E-state index in [2.05, 4.69) is 49.9 Å². The number of anilines is 1. The van der Waals surface area contributed by atoms with Crippen LogP contribution in [0.1, 0.15) is 32.3 Å². The summed E-state index contributed by atoms with van der Waals surface area (Å²) in [5.41, 5.74) is 8.38. The van der Waals surface area contributed by atoms with Gasteiger partial charge in [0.25, 0.3) is 0 Å². The summed E-state index contributed by atoms with van der Waals surface area (Å²) < 4.78 is 0. The third-order valence-corrected chi connectivity index (χ3v) is 3.37. The Labute approximate surface area is 106 Å². The molecule has 2 heteroatoms. The van der Waals surface area contributed by atoms with E-state index in [1.54, 1.807) is 0 Å². The number of hydrogen-bond acceptors (Lipinski definition) is 2. The van der Waals surface area contributed by atoms with Gasteiger partial charge in [0.15, 0.2) is 0 Å². The average Bonchev–Trinajstić information content (AvgIpc) is 2.35. The number of nitrogens with zero attached hydrogens (tertiary/aromatic N) is 1. The van der Waals surface area contributed by atoms with Gasteiger partial charge in [0.2, 0.25) is 0 Å². The van der Waals surface area contributed by atoms with Gasteiger partial charge < -0.3 is 10.6 Å². The molecule has 96 valence electrons. The summed E-state index contributed by atoms with van der Waals surface area (Å²) in [6, 6.07) is 8.61. The zero-order valence-corrected chi connectivity index (χ0v) is 11.4. The first kappa shape index (κ1) is 14.0. The largest absolute Gasteiger partial charge is 0.372 e. The molecule has 0 radical (unpaired) electrons. The molecule has 1 rings (SSSR count). The Morgan fingerprint density at radius 1 is 1.29 bits per heavy atom. The van der Waals surface area contributed by atoms with E-state index in [1.807, 2.05) is 0 Å². The topological polar surface area (TPSA) is 29.3 Å². The molecule has 2 nitrogen and oxygen atoms in total. The predicted molar refractivity (Wildman–Crippen MR) is 76.5 cm³/mol. The van der Waals surface area contributed by atoms with Crippen molar-refractivity contribution in [1.29, 1.82) is 0 Å². The van der Waals surface area contributed by atoms with Crippen molar-refractivity contribution >= 4 is 5.69 Å². The van der Waals surface area contributed by atoms with E-state index in [-0.39, 0.29) is 0 Å². The van der Waals surface area contributed by atoms with Crippen LogP contribution < -0.4 is 10.6 Å². The predicted octanol–water partition coefficient (Wildman–Crippen LogP) is 3.20. The lowest BCUT2D eigenvalue weighted by Crippen LogP contribution is -2.25. The van der Waals surface area contributed by atoms with Crippen molar-refractivity contribution < 1.29 is 0 Å². The van der Waals surface area contributed by atoms with Gasteiger partial charge in [-0.3, -0.25) is 0 Å². The Morgan fingerprint density at radius 2 is 2.00 bits per heavy atom. The Hall–Kier alpha value is -1.02. The number of nitrogens with two attached hydrogens (primary N) is 1. The van der Waals surface area contributed by atoms with Crippen LogP contribution in [0.5, 0.6) is 0 Å². The van der Waals surface area contributed by atoms with Crippen molar-refractivity contribution in [3.63, 3.8) is 0 Å². The zero-order chi connectivity index (χ0) is 12.7. The van der Waals surface area contributed by atoms with Crippen molar-refractivity contribution in [3.05, 3.63) is 29.8 Å². The SMILES string of the molecule is CCN(CCCC(C)CN)c1ccccc1C. The van der Waals surface area contributed by atoms with E-state index in [1.165, 1.54) is 24.1 Å². The maximum atomic E-state index is 5.64. The molecule has 0 spiro atoms. The molecular formula is C15H26N2. The van der Waals surface area contributed by atoms with Gasteiger partial charge in [-0.05, 0) is 50.8 Å². The summed E-state index contributed by atoms with van der Waals surface area (Å²) in [5, 5.41) is 0. The smallest absolute Gasteiger partial charge is 0.0395 e. The second-order valence-electron chi connectivity index (χ2n) is 4.85. The zero-order valence-electron chi connectivity index (χ0n) is 11.4. The molecule has 1 atom stereocenters. The van der Waals surface area contributed by atoms with Gasteiger partial charge in [0.05, 0.1) is 0 Å².